The van der Waals surface area contributed by atoms with Crippen LogP contribution in [-0.4, -0.2) is 66.5 Å². The summed E-state index contributed by atoms with van der Waals surface area (Å²) in [6.07, 6.45) is 3.86. The van der Waals surface area contributed by atoms with Gasteiger partial charge in [-0.2, -0.15) is 17.0 Å². The highest BCUT2D eigenvalue weighted by Crippen LogP contribution is 2.46. The van der Waals surface area contributed by atoms with Crippen LogP contribution in [0.3, 0.4) is 0 Å². The third kappa shape index (κ3) is 6.08. The van der Waals surface area contributed by atoms with Crippen molar-refractivity contribution in [2.24, 2.45) is 0 Å². The number of rotatable bonds is 6. The molecule has 2 aromatic rings. The number of benzene rings is 2. The molecule has 3 aliphatic rings. The lowest BCUT2D eigenvalue weighted by molar-refractivity contribution is -0.160. The number of nitrogens with zero attached hydrogens (tertiary/aromatic N) is 2. The topological polar surface area (TPSA) is 96.4 Å². The lowest BCUT2D eigenvalue weighted by Crippen LogP contribution is -2.46. The van der Waals surface area contributed by atoms with Gasteiger partial charge < -0.3 is 14.6 Å². The number of aliphatic carboxylic acids is 1. The highest BCUT2D eigenvalue weighted by Gasteiger charge is 2.37. The van der Waals surface area contributed by atoms with Crippen LogP contribution in [0.15, 0.2) is 6.07 Å². The van der Waals surface area contributed by atoms with Gasteiger partial charge in [-0.1, -0.05) is 6.42 Å². The predicted molar refractivity (Wildman–Crippen MR) is 164 cm³/mol. The average molecular weight is 617 g/mol. The summed E-state index contributed by atoms with van der Waals surface area (Å²) in [4.78, 5) is 12.9. The summed E-state index contributed by atoms with van der Waals surface area (Å²) in [7, 11) is -3.62. The van der Waals surface area contributed by atoms with E-state index in [-0.39, 0.29) is 5.75 Å². The first kappa shape index (κ1) is 31.9. The molecule has 10 heteroatoms. The van der Waals surface area contributed by atoms with Crippen LogP contribution in [0, 0.1) is 26.6 Å². The SMILES string of the molecule is Cc1c(-c2c(C)c3c(c(C)c2C(OC(C)(C)C)C(=O)O)CCN(S(=O)(=O)N2CCCCC2)CC3)cc(F)c2c1CCCO2. The van der Waals surface area contributed by atoms with Gasteiger partial charge in [0, 0.05) is 37.3 Å². The van der Waals surface area contributed by atoms with Crippen LogP contribution in [0.2, 0.25) is 0 Å². The van der Waals surface area contributed by atoms with Crippen molar-refractivity contribution in [2.45, 2.75) is 98.2 Å². The number of hydrogen-bond acceptors (Lipinski definition) is 5. The van der Waals surface area contributed by atoms with Crippen molar-refractivity contribution in [3.05, 3.63) is 50.8 Å². The minimum absolute atomic E-state index is 0.275. The van der Waals surface area contributed by atoms with Crippen molar-refractivity contribution in [1.29, 1.82) is 0 Å². The number of ether oxygens (including phenoxy) is 2. The summed E-state index contributed by atoms with van der Waals surface area (Å²) in [5.74, 6) is -1.31. The zero-order valence-corrected chi connectivity index (χ0v) is 27.1. The van der Waals surface area contributed by atoms with Crippen molar-refractivity contribution in [3.63, 3.8) is 0 Å². The molecule has 5 rings (SSSR count). The number of halogens is 1. The Bertz CT molecular complexity index is 1530. The summed E-state index contributed by atoms with van der Waals surface area (Å²) >= 11 is 0. The molecule has 43 heavy (non-hydrogen) atoms. The maximum Gasteiger partial charge on any atom is 0.337 e. The number of carbonyl (C=O) groups is 1. The molecule has 236 valence electrons. The first-order chi connectivity index (χ1) is 20.2. The second-order valence-corrected chi connectivity index (χ2v) is 15.0. The van der Waals surface area contributed by atoms with E-state index >= 15 is 4.39 Å². The minimum Gasteiger partial charge on any atom is -0.490 e. The monoisotopic (exact) mass is 616 g/mol. The quantitative estimate of drug-likeness (QED) is 0.440. The van der Waals surface area contributed by atoms with E-state index in [2.05, 4.69) is 0 Å². The van der Waals surface area contributed by atoms with Gasteiger partial charge in [-0.05, 0) is 125 Å². The Hall–Kier alpha value is -2.53. The van der Waals surface area contributed by atoms with Crippen molar-refractivity contribution < 1.29 is 32.2 Å². The largest absolute Gasteiger partial charge is 0.490 e. The van der Waals surface area contributed by atoms with Gasteiger partial charge in [-0.3, -0.25) is 0 Å². The summed E-state index contributed by atoms with van der Waals surface area (Å²) in [5.41, 5.74) is 6.26. The Morgan fingerprint density at radius 1 is 0.907 bits per heavy atom. The van der Waals surface area contributed by atoms with Crippen molar-refractivity contribution >= 4 is 16.2 Å². The van der Waals surface area contributed by atoms with E-state index in [1.807, 2.05) is 41.5 Å². The van der Waals surface area contributed by atoms with Gasteiger partial charge >= 0.3 is 5.97 Å². The van der Waals surface area contributed by atoms with E-state index in [1.165, 1.54) is 6.07 Å². The van der Waals surface area contributed by atoms with Crippen molar-refractivity contribution in [1.82, 2.24) is 8.61 Å². The number of carboxylic acid groups (broad SMARTS) is 1. The molecule has 1 atom stereocenters. The molecule has 0 aliphatic carbocycles. The van der Waals surface area contributed by atoms with E-state index in [0.29, 0.717) is 68.7 Å². The Morgan fingerprint density at radius 3 is 2.12 bits per heavy atom. The molecule has 3 heterocycles. The van der Waals surface area contributed by atoms with Crippen LogP contribution in [0.4, 0.5) is 4.39 Å². The lowest BCUT2D eigenvalue weighted by Gasteiger charge is -2.31. The number of carboxylic acids is 1. The molecule has 0 amide bonds. The number of fused-ring (bicyclic) bond motifs is 2. The molecular formula is C33H45FN2O6S. The van der Waals surface area contributed by atoms with Crippen LogP contribution in [-0.2, 0) is 39.0 Å². The van der Waals surface area contributed by atoms with Gasteiger partial charge in [0.1, 0.15) is 0 Å². The van der Waals surface area contributed by atoms with Crippen LogP contribution in [0.1, 0.15) is 91.5 Å². The molecule has 0 aromatic heterocycles. The molecule has 0 radical (unpaired) electrons. The van der Waals surface area contributed by atoms with Crippen LogP contribution >= 0.6 is 0 Å². The predicted octanol–water partition coefficient (Wildman–Crippen LogP) is 5.82. The van der Waals surface area contributed by atoms with Gasteiger partial charge in [-0.25, -0.2) is 9.18 Å². The molecule has 1 N–H and O–H groups in total. The fraction of sp³-hybridized carbons (Fsp3) is 0.606. The van der Waals surface area contributed by atoms with E-state index in [9.17, 15) is 18.3 Å². The smallest absolute Gasteiger partial charge is 0.337 e. The molecule has 0 saturated carbocycles. The summed E-state index contributed by atoms with van der Waals surface area (Å²) in [6.45, 7) is 13.4. The zero-order chi connectivity index (χ0) is 31.3. The molecular weight excluding hydrogens is 571 g/mol. The fourth-order valence-electron chi connectivity index (χ4n) is 7.09. The molecule has 0 spiro atoms. The molecule has 1 unspecified atom stereocenters. The molecule has 0 bridgehead atoms. The third-order valence-electron chi connectivity index (χ3n) is 9.17. The van der Waals surface area contributed by atoms with Crippen LogP contribution < -0.4 is 4.74 Å². The van der Waals surface area contributed by atoms with Gasteiger partial charge in [0.2, 0.25) is 0 Å². The number of hydrogen-bond donors (Lipinski definition) is 1. The molecule has 3 aliphatic heterocycles. The minimum atomic E-state index is -3.62. The molecule has 8 nitrogen and oxygen atoms in total. The normalized spacial score (nSPS) is 19.2. The summed E-state index contributed by atoms with van der Waals surface area (Å²) in [5, 5.41) is 10.5. The van der Waals surface area contributed by atoms with Gasteiger partial charge in [0.15, 0.2) is 17.7 Å². The third-order valence-corrected chi connectivity index (χ3v) is 11.2. The van der Waals surface area contributed by atoms with Gasteiger partial charge in [-0.15, -0.1) is 0 Å². The van der Waals surface area contributed by atoms with E-state index in [1.54, 1.807) is 8.61 Å². The summed E-state index contributed by atoms with van der Waals surface area (Å²) in [6, 6.07) is 1.47. The van der Waals surface area contributed by atoms with Crippen LogP contribution in [0.25, 0.3) is 11.1 Å². The van der Waals surface area contributed by atoms with E-state index in [0.717, 1.165) is 59.1 Å². The average Bonchev–Trinajstić information content (AvgIpc) is 3.20. The van der Waals surface area contributed by atoms with Gasteiger partial charge in [0.25, 0.3) is 10.2 Å². The molecule has 1 fully saturated rings. The standard InChI is InChI=1S/C33H45FN2O6S/c1-20-25-11-10-18-41-30(25)27(34)19-26(20)28-21(2)23-12-16-36(43(39,40)35-14-8-7-9-15-35)17-13-24(23)22(3)29(28)31(32(37)38)42-33(4,5)6/h19,31H,7-18H2,1-6H3,(H,37,38). The van der Waals surface area contributed by atoms with E-state index < -0.39 is 33.7 Å². The Kier molecular flexibility index (Phi) is 8.97. The first-order valence-corrected chi connectivity index (χ1v) is 16.9. The fourth-order valence-corrected chi connectivity index (χ4v) is 8.78. The zero-order valence-electron chi connectivity index (χ0n) is 26.3. The number of piperidine rings is 1. The van der Waals surface area contributed by atoms with Crippen LogP contribution in [0.5, 0.6) is 5.75 Å². The Morgan fingerprint density at radius 2 is 1.51 bits per heavy atom. The second kappa shape index (κ2) is 12.1. The Labute approximate surface area is 255 Å². The van der Waals surface area contributed by atoms with Gasteiger partial charge in [0.05, 0.1) is 12.2 Å². The maximum atomic E-state index is 15.6. The highest BCUT2D eigenvalue weighted by atomic mass is 32.2. The summed E-state index contributed by atoms with van der Waals surface area (Å²) < 4.78 is 58.0. The maximum absolute atomic E-state index is 15.6. The lowest BCUT2D eigenvalue weighted by atomic mass is 9.79. The molecule has 1 saturated heterocycles. The first-order valence-electron chi connectivity index (χ1n) is 15.5. The highest BCUT2D eigenvalue weighted by molar-refractivity contribution is 7.86. The van der Waals surface area contributed by atoms with Crippen molar-refractivity contribution in [3.8, 4) is 16.9 Å². The second-order valence-electron chi connectivity index (χ2n) is 13.1. The Balaban J connectivity index is 1.70. The van der Waals surface area contributed by atoms with Crippen molar-refractivity contribution in [2.75, 3.05) is 32.8 Å². The van der Waals surface area contributed by atoms with E-state index in [4.69, 9.17) is 9.47 Å². The molecule has 2 aromatic carbocycles.